The summed E-state index contributed by atoms with van der Waals surface area (Å²) in [5.74, 6) is 0.382. The van der Waals surface area contributed by atoms with Gasteiger partial charge in [-0.25, -0.2) is 0 Å². The maximum absolute atomic E-state index is 12.2. The van der Waals surface area contributed by atoms with E-state index in [4.69, 9.17) is 17.3 Å². The lowest BCUT2D eigenvalue weighted by Crippen LogP contribution is -2.48. The normalized spacial score (nSPS) is 19.1. The molecule has 1 aliphatic carbocycles. The van der Waals surface area contributed by atoms with Crippen molar-refractivity contribution in [2.75, 3.05) is 0 Å². The summed E-state index contributed by atoms with van der Waals surface area (Å²) in [4.78, 5) is 12.2. The third kappa shape index (κ3) is 2.24. The lowest BCUT2D eigenvalue weighted by molar-refractivity contribution is -0.123. The molecule has 0 aromatic carbocycles. The Morgan fingerprint density at radius 3 is 2.65 bits per heavy atom. The summed E-state index contributed by atoms with van der Waals surface area (Å²) in [5, 5.41) is 4.77. The Kier molecular flexibility index (Phi) is 3.04. The zero-order chi connectivity index (χ0) is 12.8. The van der Waals surface area contributed by atoms with Crippen molar-refractivity contribution in [1.29, 1.82) is 0 Å². The van der Waals surface area contributed by atoms with Crippen molar-refractivity contribution >= 4 is 17.4 Å². The van der Waals surface area contributed by atoms with E-state index >= 15 is 0 Å². The summed E-state index contributed by atoms with van der Waals surface area (Å²) in [6.07, 6.45) is 2.37. The molecule has 2 rings (SSSR count). The second-order valence-corrected chi connectivity index (χ2v) is 5.50. The van der Waals surface area contributed by atoms with Gasteiger partial charge in [0.25, 0.3) is 0 Å². The monoisotopic (exact) mass is 255 g/mol. The van der Waals surface area contributed by atoms with Crippen LogP contribution in [-0.2, 0) is 18.3 Å². The summed E-state index contributed by atoms with van der Waals surface area (Å²) in [5.41, 5.74) is 6.89. The smallest absolute Gasteiger partial charge is 0.158 e. The van der Waals surface area contributed by atoms with Gasteiger partial charge in [-0.05, 0) is 32.6 Å². The van der Waals surface area contributed by atoms with Crippen molar-refractivity contribution in [2.45, 2.75) is 38.6 Å². The molecule has 0 radical (unpaired) electrons. The van der Waals surface area contributed by atoms with Gasteiger partial charge >= 0.3 is 0 Å². The van der Waals surface area contributed by atoms with E-state index in [1.54, 1.807) is 11.7 Å². The number of rotatable bonds is 4. The highest BCUT2D eigenvalue weighted by Gasteiger charge is 2.43. The Bertz CT molecular complexity index is 461. The third-order valence-electron chi connectivity index (χ3n) is 3.62. The van der Waals surface area contributed by atoms with E-state index in [0.717, 1.165) is 24.2 Å². The molecule has 4 nitrogen and oxygen atoms in total. The largest absolute Gasteiger partial charge is 0.319 e. The van der Waals surface area contributed by atoms with E-state index in [1.807, 2.05) is 13.8 Å². The first kappa shape index (κ1) is 12.6. The number of nitrogens with two attached hydrogens (primary N) is 1. The van der Waals surface area contributed by atoms with Gasteiger partial charge in [0.2, 0.25) is 0 Å². The van der Waals surface area contributed by atoms with Gasteiger partial charge in [-0.15, -0.1) is 0 Å². The van der Waals surface area contributed by atoms with Crippen molar-refractivity contribution < 1.29 is 4.79 Å². The Hall–Kier alpha value is -0.870. The lowest BCUT2D eigenvalue weighted by Gasteiger charge is -2.22. The highest BCUT2D eigenvalue weighted by Crippen LogP contribution is 2.39. The van der Waals surface area contributed by atoms with Crippen LogP contribution in [0.5, 0.6) is 0 Å². The number of nitrogens with zero attached hydrogens (tertiary/aromatic N) is 2. The molecule has 0 amide bonds. The zero-order valence-corrected chi connectivity index (χ0v) is 11.2. The van der Waals surface area contributed by atoms with Gasteiger partial charge in [0.05, 0.1) is 28.4 Å². The number of hydrogen-bond acceptors (Lipinski definition) is 3. The van der Waals surface area contributed by atoms with Crippen molar-refractivity contribution in [3.05, 3.63) is 16.4 Å². The summed E-state index contributed by atoms with van der Waals surface area (Å²) in [7, 11) is 1.80. The minimum Gasteiger partial charge on any atom is -0.319 e. The average molecular weight is 256 g/mol. The molecule has 17 heavy (non-hydrogen) atoms. The van der Waals surface area contributed by atoms with Crippen LogP contribution in [0.3, 0.4) is 0 Å². The topological polar surface area (TPSA) is 60.9 Å². The molecule has 1 aliphatic rings. The van der Waals surface area contributed by atoms with Crippen LogP contribution in [0.25, 0.3) is 0 Å². The fourth-order valence-corrected chi connectivity index (χ4v) is 2.35. The van der Waals surface area contributed by atoms with E-state index in [2.05, 4.69) is 5.10 Å². The maximum Gasteiger partial charge on any atom is 0.158 e. The molecule has 0 aliphatic heterocycles. The fourth-order valence-electron chi connectivity index (χ4n) is 2.13. The van der Waals surface area contributed by atoms with Crippen LogP contribution in [0.1, 0.15) is 31.2 Å². The fraction of sp³-hybridized carbons (Fsp3) is 0.667. The number of halogens is 1. The van der Waals surface area contributed by atoms with Gasteiger partial charge in [-0.1, -0.05) is 11.6 Å². The Balaban J connectivity index is 2.18. The Morgan fingerprint density at radius 2 is 2.24 bits per heavy atom. The van der Waals surface area contributed by atoms with Crippen molar-refractivity contribution in [3.8, 4) is 0 Å². The van der Waals surface area contributed by atoms with Crippen LogP contribution in [0.2, 0.25) is 5.02 Å². The number of Topliss-reactive ketones (excluding diaryl/α,β-unsaturated/α-hetero) is 1. The predicted octanol–water partition coefficient (Wildman–Crippen LogP) is 1.62. The van der Waals surface area contributed by atoms with Crippen LogP contribution in [0, 0.1) is 12.8 Å². The minimum atomic E-state index is -0.721. The predicted molar refractivity (Wildman–Crippen MR) is 67.0 cm³/mol. The van der Waals surface area contributed by atoms with E-state index < -0.39 is 5.54 Å². The summed E-state index contributed by atoms with van der Waals surface area (Å²) in [6.45, 7) is 3.66. The van der Waals surface area contributed by atoms with E-state index in [0.29, 0.717) is 10.9 Å². The van der Waals surface area contributed by atoms with Gasteiger partial charge in [-0.2, -0.15) is 5.10 Å². The van der Waals surface area contributed by atoms with E-state index in [-0.39, 0.29) is 12.2 Å². The molecule has 1 atom stereocenters. The van der Waals surface area contributed by atoms with Gasteiger partial charge in [0.15, 0.2) is 5.78 Å². The molecule has 1 aromatic heterocycles. The third-order valence-corrected chi connectivity index (χ3v) is 4.11. The quantitative estimate of drug-likeness (QED) is 0.889. The number of carbonyl (C=O) groups is 1. The molecule has 1 unspecified atom stereocenters. The van der Waals surface area contributed by atoms with E-state index in [9.17, 15) is 4.79 Å². The number of carbonyl (C=O) groups excluding carboxylic acids is 1. The highest BCUT2D eigenvalue weighted by molar-refractivity contribution is 6.32. The van der Waals surface area contributed by atoms with Crippen molar-refractivity contribution in [1.82, 2.24) is 9.78 Å². The first-order valence-corrected chi connectivity index (χ1v) is 6.22. The molecule has 1 fully saturated rings. The van der Waals surface area contributed by atoms with Crippen LogP contribution in [-0.4, -0.2) is 21.1 Å². The molecule has 2 N–H and O–H groups in total. The number of ketones is 1. The molecule has 5 heteroatoms. The molecular weight excluding hydrogens is 238 g/mol. The second kappa shape index (κ2) is 4.10. The molecular formula is C12H18ClN3O. The standard InChI is InChI=1S/C12H18ClN3O/c1-7-11(13)9(16(3)15-7)6-10(17)12(2,14)8-4-5-8/h8H,4-6,14H2,1-3H3. The highest BCUT2D eigenvalue weighted by atomic mass is 35.5. The number of aromatic nitrogens is 2. The van der Waals surface area contributed by atoms with Gasteiger partial charge < -0.3 is 5.73 Å². The van der Waals surface area contributed by atoms with Crippen LogP contribution < -0.4 is 5.73 Å². The second-order valence-electron chi connectivity index (χ2n) is 5.13. The first-order valence-electron chi connectivity index (χ1n) is 5.84. The maximum atomic E-state index is 12.2. The Labute approximate surface area is 106 Å². The summed E-state index contributed by atoms with van der Waals surface area (Å²) < 4.78 is 1.67. The Morgan fingerprint density at radius 1 is 1.65 bits per heavy atom. The SMILES string of the molecule is Cc1nn(C)c(CC(=O)C(C)(N)C2CC2)c1Cl. The van der Waals surface area contributed by atoms with Gasteiger partial charge in [-0.3, -0.25) is 9.48 Å². The van der Waals surface area contributed by atoms with Gasteiger partial charge in [0, 0.05) is 7.05 Å². The van der Waals surface area contributed by atoms with Crippen molar-refractivity contribution in [2.24, 2.45) is 18.7 Å². The van der Waals surface area contributed by atoms with Gasteiger partial charge in [0.1, 0.15) is 0 Å². The van der Waals surface area contributed by atoms with Crippen LogP contribution in [0.15, 0.2) is 0 Å². The average Bonchev–Trinajstić information content (AvgIpc) is 3.04. The number of hydrogen-bond donors (Lipinski definition) is 1. The number of aryl methyl sites for hydroxylation is 2. The lowest BCUT2D eigenvalue weighted by atomic mass is 9.89. The minimum absolute atomic E-state index is 0.0462. The van der Waals surface area contributed by atoms with E-state index in [1.165, 1.54) is 0 Å². The molecule has 0 saturated heterocycles. The first-order chi connectivity index (χ1) is 7.84. The zero-order valence-electron chi connectivity index (χ0n) is 10.5. The van der Waals surface area contributed by atoms with Crippen LogP contribution >= 0.6 is 11.6 Å². The summed E-state index contributed by atoms with van der Waals surface area (Å²) >= 11 is 6.13. The summed E-state index contributed by atoms with van der Waals surface area (Å²) in [6, 6.07) is 0. The molecule has 1 aromatic rings. The van der Waals surface area contributed by atoms with Crippen molar-refractivity contribution in [3.63, 3.8) is 0 Å². The van der Waals surface area contributed by atoms with Crippen LogP contribution in [0.4, 0.5) is 0 Å². The molecule has 0 bridgehead atoms. The molecule has 1 saturated carbocycles. The molecule has 1 heterocycles. The molecule has 0 spiro atoms. The molecule has 94 valence electrons.